The first-order valence-corrected chi connectivity index (χ1v) is 7.55. The van der Waals surface area contributed by atoms with Crippen molar-refractivity contribution in [3.05, 3.63) is 56.6 Å². The van der Waals surface area contributed by atoms with Gasteiger partial charge in [-0.25, -0.2) is 0 Å². The number of rotatable bonds is 3. The van der Waals surface area contributed by atoms with Crippen LogP contribution in [0, 0.1) is 3.57 Å². The third-order valence-corrected chi connectivity index (χ3v) is 4.04. The monoisotopic (exact) mass is 422 g/mol. The lowest BCUT2D eigenvalue weighted by atomic mass is 10.2. The number of hydrogen-bond donors (Lipinski definition) is 0. The molecule has 0 aliphatic rings. The van der Waals surface area contributed by atoms with Crippen molar-refractivity contribution in [2.24, 2.45) is 0 Å². The van der Waals surface area contributed by atoms with Crippen molar-refractivity contribution in [1.29, 1.82) is 0 Å². The number of benzene rings is 2. The summed E-state index contributed by atoms with van der Waals surface area (Å²) < 4.78 is 6.85. The molecule has 0 atom stereocenters. The largest absolute Gasteiger partial charge is 0.455 e. The first-order chi connectivity index (χ1) is 8.20. The third kappa shape index (κ3) is 3.36. The molecule has 0 bridgehead atoms. The van der Waals surface area contributed by atoms with Crippen LogP contribution >= 0.6 is 50.1 Å². The standard InChI is InChI=1S/C13H9BrClIO/c14-8-9-5-6-12(10(15)7-9)17-13-4-2-1-3-11(13)16/h1-7H,8H2. The summed E-state index contributed by atoms with van der Waals surface area (Å²) in [6.07, 6.45) is 0. The van der Waals surface area contributed by atoms with Crippen LogP contribution in [0.15, 0.2) is 42.5 Å². The molecular weight excluding hydrogens is 414 g/mol. The molecule has 0 unspecified atom stereocenters. The van der Waals surface area contributed by atoms with Gasteiger partial charge < -0.3 is 4.74 Å². The minimum Gasteiger partial charge on any atom is -0.455 e. The Labute approximate surface area is 127 Å². The maximum Gasteiger partial charge on any atom is 0.146 e. The lowest BCUT2D eigenvalue weighted by molar-refractivity contribution is 0.479. The van der Waals surface area contributed by atoms with Crippen LogP contribution in [0.5, 0.6) is 11.5 Å². The molecule has 4 heteroatoms. The first kappa shape index (κ1) is 13.2. The lowest BCUT2D eigenvalue weighted by Gasteiger charge is -2.09. The average molecular weight is 423 g/mol. The molecule has 0 saturated carbocycles. The molecule has 0 fully saturated rings. The van der Waals surface area contributed by atoms with E-state index in [9.17, 15) is 0 Å². The van der Waals surface area contributed by atoms with Crippen molar-refractivity contribution in [3.63, 3.8) is 0 Å². The van der Waals surface area contributed by atoms with Crippen LogP contribution in [-0.2, 0) is 5.33 Å². The highest BCUT2D eigenvalue weighted by Crippen LogP contribution is 2.32. The summed E-state index contributed by atoms with van der Waals surface area (Å²) in [6, 6.07) is 13.6. The smallest absolute Gasteiger partial charge is 0.146 e. The van der Waals surface area contributed by atoms with Gasteiger partial charge in [0.05, 0.1) is 8.59 Å². The van der Waals surface area contributed by atoms with Gasteiger partial charge in [-0.15, -0.1) is 0 Å². The zero-order chi connectivity index (χ0) is 12.3. The van der Waals surface area contributed by atoms with Gasteiger partial charge in [-0.1, -0.05) is 45.7 Å². The first-order valence-electron chi connectivity index (χ1n) is 4.97. The minimum atomic E-state index is 0.626. The average Bonchev–Trinajstić information content (AvgIpc) is 2.34. The van der Waals surface area contributed by atoms with E-state index in [1.165, 1.54) is 0 Å². The summed E-state index contributed by atoms with van der Waals surface area (Å²) in [4.78, 5) is 0. The van der Waals surface area contributed by atoms with Crippen LogP contribution in [-0.4, -0.2) is 0 Å². The van der Waals surface area contributed by atoms with Crippen molar-refractivity contribution in [3.8, 4) is 11.5 Å². The molecule has 0 aromatic heterocycles. The highest BCUT2D eigenvalue weighted by molar-refractivity contribution is 14.1. The molecular formula is C13H9BrClIO. The van der Waals surface area contributed by atoms with Crippen molar-refractivity contribution < 1.29 is 4.74 Å². The topological polar surface area (TPSA) is 9.23 Å². The fourth-order valence-electron chi connectivity index (χ4n) is 1.36. The Balaban J connectivity index is 2.28. The molecule has 0 saturated heterocycles. The second-order valence-corrected chi connectivity index (χ2v) is 5.56. The predicted octanol–water partition coefficient (Wildman–Crippen LogP) is 5.63. The summed E-state index contributed by atoms with van der Waals surface area (Å²) in [5.41, 5.74) is 1.13. The maximum absolute atomic E-state index is 6.16. The summed E-state index contributed by atoms with van der Waals surface area (Å²) in [5, 5.41) is 1.41. The van der Waals surface area contributed by atoms with Gasteiger partial charge in [-0.05, 0) is 52.4 Å². The van der Waals surface area contributed by atoms with Crippen LogP contribution in [0.25, 0.3) is 0 Å². The minimum absolute atomic E-state index is 0.626. The number of alkyl halides is 1. The fourth-order valence-corrected chi connectivity index (χ4v) is 2.44. The van der Waals surface area contributed by atoms with Gasteiger partial charge in [-0.2, -0.15) is 0 Å². The summed E-state index contributed by atoms with van der Waals surface area (Å²) in [7, 11) is 0. The zero-order valence-corrected chi connectivity index (χ0v) is 13.3. The Kier molecular flexibility index (Phi) is 4.70. The van der Waals surface area contributed by atoms with Gasteiger partial charge in [-0.3, -0.25) is 0 Å². The molecule has 2 rings (SSSR count). The normalized spacial score (nSPS) is 10.3. The van der Waals surface area contributed by atoms with Crippen LogP contribution in [0.1, 0.15) is 5.56 Å². The second kappa shape index (κ2) is 6.07. The molecule has 0 aliphatic carbocycles. The Morgan fingerprint density at radius 1 is 1.12 bits per heavy atom. The Bertz CT molecular complexity index is 531. The quantitative estimate of drug-likeness (QED) is 0.459. The van der Waals surface area contributed by atoms with Crippen molar-refractivity contribution in [2.45, 2.75) is 5.33 Å². The van der Waals surface area contributed by atoms with Crippen LogP contribution in [0.2, 0.25) is 5.02 Å². The molecule has 17 heavy (non-hydrogen) atoms. The Hall–Kier alpha value is -0.260. The summed E-state index contributed by atoms with van der Waals surface area (Å²) >= 11 is 11.8. The predicted molar refractivity (Wildman–Crippen MR) is 83.3 cm³/mol. The SMILES string of the molecule is Clc1cc(CBr)ccc1Oc1ccccc1I. The highest BCUT2D eigenvalue weighted by Gasteiger charge is 2.06. The molecule has 2 aromatic carbocycles. The fraction of sp³-hybridized carbons (Fsp3) is 0.0769. The van der Waals surface area contributed by atoms with E-state index >= 15 is 0 Å². The number of ether oxygens (including phenoxy) is 1. The van der Waals surface area contributed by atoms with E-state index in [2.05, 4.69) is 38.5 Å². The lowest BCUT2D eigenvalue weighted by Crippen LogP contribution is -1.88. The van der Waals surface area contributed by atoms with Crippen molar-refractivity contribution >= 4 is 50.1 Å². The van der Waals surface area contributed by atoms with Gasteiger partial charge in [0.25, 0.3) is 0 Å². The molecule has 0 spiro atoms. The number of para-hydroxylation sites is 1. The van der Waals surface area contributed by atoms with Gasteiger partial charge >= 0.3 is 0 Å². The molecule has 0 aliphatic heterocycles. The van der Waals surface area contributed by atoms with E-state index in [1.807, 2.05) is 42.5 Å². The van der Waals surface area contributed by atoms with Gasteiger partial charge in [0.15, 0.2) is 0 Å². The van der Waals surface area contributed by atoms with E-state index in [0.717, 1.165) is 20.2 Å². The van der Waals surface area contributed by atoms with E-state index < -0.39 is 0 Å². The van der Waals surface area contributed by atoms with Gasteiger partial charge in [0, 0.05) is 5.33 Å². The van der Waals surface area contributed by atoms with Crippen molar-refractivity contribution in [1.82, 2.24) is 0 Å². The molecule has 0 N–H and O–H groups in total. The van der Waals surface area contributed by atoms with E-state index in [0.29, 0.717) is 10.8 Å². The van der Waals surface area contributed by atoms with E-state index in [-0.39, 0.29) is 0 Å². The Morgan fingerprint density at radius 2 is 1.88 bits per heavy atom. The number of halogens is 3. The second-order valence-electron chi connectivity index (χ2n) is 3.43. The molecule has 2 aromatic rings. The molecule has 0 radical (unpaired) electrons. The molecule has 1 nitrogen and oxygen atoms in total. The zero-order valence-electron chi connectivity index (χ0n) is 8.79. The van der Waals surface area contributed by atoms with Crippen LogP contribution in [0.4, 0.5) is 0 Å². The van der Waals surface area contributed by atoms with Crippen LogP contribution in [0.3, 0.4) is 0 Å². The van der Waals surface area contributed by atoms with Gasteiger partial charge in [0.2, 0.25) is 0 Å². The summed E-state index contributed by atoms with van der Waals surface area (Å²) in [6.45, 7) is 0. The van der Waals surface area contributed by atoms with Gasteiger partial charge in [0.1, 0.15) is 11.5 Å². The highest BCUT2D eigenvalue weighted by atomic mass is 127. The van der Waals surface area contributed by atoms with E-state index in [4.69, 9.17) is 16.3 Å². The number of hydrogen-bond acceptors (Lipinski definition) is 1. The third-order valence-electron chi connectivity index (χ3n) is 2.21. The van der Waals surface area contributed by atoms with Crippen molar-refractivity contribution in [2.75, 3.05) is 0 Å². The maximum atomic E-state index is 6.16. The molecule has 88 valence electrons. The molecule has 0 heterocycles. The van der Waals surface area contributed by atoms with E-state index in [1.54, 1.807) is 0 Å². The van der Waals surface area contributed by atoms with Crippen LogP contribution < -0.4 is 4.74 Å². The Morgan fingerprint density at radius 3 is 2.53 bits per heavy atom. The summed E-state index contributed by atoms with van der Waals surface area (Å²) in [5.74, 6) is 1.50. The molecule has 0 amide bonds.